The first kappa shape index (κ1) is 12.5. The van der Waals surface area contributed by atoms with Crippen LogP contribution in [0.1, 0.15) is 12.7 Å². The molecule has 0 atom stereocenters. The van der Waals surface area contributed by atoms with Gasteiger partial charge < -0.3 is 19.2 Å². The van der Waals surface area contributed by atoms with Crippen LogP contribution < -0.4 is 10.1 Å². The summed E-state index contributed by atoms with van der Waals surface area (Å²) in [5, 5.41) is 4.51. The van der Waals surface area contributed by atoms with Crippen molar-refractivity contribution in [3.63, 3.8) is 0 Å². The molecule has 1 fully saturated rings. The Labute approximate surface area is 112 Å². The van der Waals surface area contributed by atoms with Crippen LogP contribution in [0.4, 0.5) is 0 Å². The van der Waals surface area contributed by atoms with Gasteiger partial charge in [0.25, 0.3) is 0 Å². The lowest BCUT2D eigenvalue weighted by Gasteiger charge is -2.38. The summed E-state index contributed by atoms with van der Waals surface area (Å²) in [6, 6.07) is 7.98. The number of fused-ring (bicyclic) bond motifs is 1. The molecule has 1 aromatic heterocycles. The van der Waals surface area contributed by atoms with Crippen molar-refractivity contribution in [2.75, 3.05) is 26.9 Å². The first-order valence-electron chi connectivity index (χ1n) is 6.54. The van der Waals surface area contributed by atoms with Gasteiger partial charge in [-0.25, -0.2) is 0 Å². The van der Waals surface area contributed by atoms with Crippen molar-refractivity contribution in [3.05, 3.63) is 30.0 Å². The first-order valence-corrected chi connectivity index (χ1v) is 6.54. The molecular weight excluding hydrogens is 242 g/mol. The maximum absolute atomic E-state index is 5.84. The Bertz CT molecular complexity index is 572. The Hall–Kier alpha value is -1.52. The van der Waals surface area contributed by atoms with Gasteiger partial charge in [0.15, 0.2) is 11.3 Å². The number of nitrogens with one attached hydrogen (secondary N) is 1. The Morgan fingerprint density at radius 2 is 2.21 bits per heavy atom. The van der Waals surface area contributed by atoms with E-state index in [2.05, 4.69) is 18.3 Å². The van der Waals surface area contributed by atoms with Crippen LogP contribution in [-0.4, -0.2) is 26.9 Å². The number of hydrogen-bond acceptors (Lipinski definition) is 4. The van der Waals surface area contributed by atoms with E-state index in [0.29, 0.717) is 0 Å². The second kappa shape index (κ2) is 4.87. The van der Waals surface area contributed by atoms with Crippen molar-refractivity contribution in [2.45, 2.75) is 13.5 Å². The van der Waals surface area contributed by atoms with Crippen molar-refractivity contribution < 1.29 is 13.9 Å². The van der Waals surface area contributed by atoms with Gasteiger partial charge in [0, 0.05) is 17.3 Å². The van der Waals surface area contributed by atoms with Gasteiger partial charge in [0.1, 0.15) is 5.76 Å². The van der Waals surface area contributed by atoms with Crippen LogP contribution in [0.3, 0.4) is 0 Å². The number of rotatable bonds is 5. The smallest absolute Gasteiger partial charge is 0.176 e. The molecule has 1 aliphatic rings. The summed E-state index contributed by atoms with van der Waals surface area (Å²) < 4.78 is 16.4. The summed E-state index contributed by atoms with van der Waals surface area (Å²) in [6.07, 6.45) is 0. The van der Waals surface area contributed by atoms with Crippen molar-refractivity contribution in [1.82, 2.24) is 5.32 Å². The van der Waals surface area contributed by atoms with Gasteiger partial charge in [-0.2, -0.15) is 0 Å². The molecule has 0 radical (unpaired) electrons. The van der Waals surface area contributed by atoms with E-state index in [9.17, 15) is 0 Å². The van der Waals surface area contributed by atoms with Crippen LogP contribution in [0, 0.1) is 5.41 Å². The Morgan fingerprint density at radius 3 is 2.89 bits per heavy atom. The fourth-order valence-corrected chi connectivity index (χ4v) is 2.38. The van der Waals surface area contributed by atoms with Crippen LogP contribution in [0.15, 0.2) is 28.7 Å². The average molecular weight is 261 g/mol. The minimum absolute atomic E-state index is 0.281. The fourth-order valence-electron chi connectivity index (χ4n) is 2.38. The van der Waals surface area contributed by atoms with E-state index in [1.165, 1.54) is 0 Å². The summed E-state index contributed by atoms with van der Waals surface area (Å²) in [7, 11) is 1.66. The van der Waals surface area contributed by atoms with E-state index in [-0.39, 0.29) is 5.41 Å². The van der Waals surface area contributed by atoms with E-state index in [0.717, 1.165) is 48.8 Å². The molecule has 1 aromatic carbocycles. The number of hydrogen-bond donors (Lipinski definition) is 1. The lowest BCUT2D eigenvalue weighted by atomic mass is 9.89. The normalized spacial score (nSPS) is 17.4. The summed E-state index contributed by atoms with van der Waals surface area (Å²) in [6.45, 7) is 5.58. The molecule has 0 saturated carbocycles. The van der Waals surface area contributed by atoms with Gasteiger partial charge in [-0.3, -0.25) is 0 Å². The van der Waals surface area contributed by atoms with Crippen LogP contribution >= 0.6 is 0 Å². The number of methoxy groups -OCH3 is 1. The van der Waals surface area contributed by atoms with Crippen LogP contribution in [0.25, 0.3) is 11.0 Å². The summed E-state index contributed by atoms with van der Waals surface area (Å²) in [5.41, 5.74) is 1.10. The Kier molecular flexibility index (Phi) is 3.21. The number of ether oxygens (including phenoxy) is 2. The zero-order chi connectivity index (χ0) is 13.3. The topological polar surface area (TPSA) is 43.6 Å². The monoisotopic (exact) mass is 261 g/mol. The lowest BCUT2D eigenvalue weighted by Crippen LogP contribution is -2.47. The van der Waals surface area contributed by atoms with E-state index >= 15 is 0 Å². The van der Waals surface area contributed by atoms with E-state index < -0.39 is 0 Å². The van der Waals surface area contributed by atoms with Crippen LogP contribution in [-0.2, 0) is 11.3 Å². The average Bonchev–Trinajstić information content (AvgIpc) is 2.79. The predicted octanol–water partition coefficient (Wildman–Crippen LogP) is 2.57. The molecule has 2 aromatic rings. The highest BCUT2D eigenvalue weighted by molar-refractivity contribution is 5.83. The van der Waals surface area contributed by atoms with Gasteiger partial charge in [-0.15, -0.1) is 0 Å². The molecule has 3 rings (SSSR count). The second-order valence-corrected chi connectivity index (χ2v) is 5.50. The standard InChI is InChI=1S/C15H19NO3/c1-15(9-18-10-15)8-16-7-12-6-11-4-3-5-13(17-2)14(11)19-12/h3-6,16H,7-10H2,1-2H3. The van der Waals surface area contributed by atoms with Crippen molar-refractivity contribution >= 4 is 11.0 Å². The third-order valence-corrected chi connectivity index (χ3v) is 3.53. The van der Waals surface area contributed by atoms with Crippen molar-refractivity contribution in [2.24, 2.45) is 5.41 Å². The van der Waals surface area contributed by atoms with Gasteiger partial charge in [0.2, 0.25) is 0 Å². The molecule has 0 spiro atoms. The van der Waals surface area contributed by atoms with E-state index in [1.54, 1.807) is 7.11 Å². The third kappa shape index (κ3) is 2.46. The number of para-hydroxylation sites is 1. The van der Waals surface area contributed by atoms with E-state index in [1.807, 2.05) is 18.2 Å². The van der Waals surface area contributed by atoms with E-state index in [4.69, 9.17) is 13.9 Å². The van der Waals surface area contributed by atoms with Gasteiger partial charge in [-0.05, 0) is 12.1 Å². The number of furan rings is 1. The molecule has 4 heteroatoms. The highest BCUT2D eigenvalue weighted by atomic mass is 16.5. The Morgan fingerprint density at radius 1 is 1.37 bits per heavy atom. The third-order valence-electron chi connectivity index (χ3n) is 3.53. The van der Waals surface area contributed by atoms with Gasteiger partial charge >= 0.3 is 0 Å². The highest BCUT2D eigenvalue weighted by Crippen LogP contribution is 2.29. The Balaban J connectivity index is 1.68. The first-order chi connectivity index (χ1) is 9.20. The molecule has 0 aliphatic carbocycles. The summed E-state index contributed by atoms with van der Waals surface area (Å²) >= 11 is 0. The SMILES string of the molecule is COc1cccc2cc(CNCC3(C)COC3)oc12. The zero-order valence-electron chi connectivity index (χ0n) is 11.4. The molecule has 1 saturated heterocycles. The quantitative estimate of drug-likeness (QED) is 0.898. The molecule has 0 bridgehead atoms. The number of benzene rings is 1. The minimum atomic E-state index is 0.281. The molecule has 0 unspecified atom stereocenters. The molecule has 1 N–H and O–H groups in total. The summed E-state index contributed by atoms with van der Waals surface area (Å²) in [4.78, 5) is 0. The molecule has 0 amide bonds. The van der Waals surface area contributed by atoms with Crippen LogP contribution in [0.5, 0.6) is 5.75 Å². The lowest BCUT2D eigenvalue weighted by molar-refractivity contribution is -0.0992. The largest absolute Gasteiger partial charge is 0.493 e. The molecule has 4 nitrogen and oxygen atoms in total. The van der Waals surface area contributed by atoms with Crippen LogP contribution in [0.2, 0.25) is 0 Å². The maximum atomic E-state index is 5.84. The molecular formula is C15H19NO3. The van der Waals surface area contributed by atoms with Gasteiger partial charge in [-0.1, -0.05) is 19.1 Å². The van der Waals surface area contributed by atoms with Crippen molar-refractivity contribution in [3.8, 4) is 5.75 Å². The second-order valence-electron chi connectivity index (χ2n) is 5.50. The summed E-state index contributed by atoms with van der Waals surface area (Å²) in [5.74, 6) is 1.71. The molecule has 2 heterocycles. The predicted molar refractivity (Wildman–Crippen MR) is 73.4 cm³/mol. The van der Waals surface area contributed by atoms with Crippen molar-refractivity contribution in [1.29, 1.82) is 0 Å². The molecule has 102 valence electrons. The zero-order valence-corrected chi connectivity index (χ0v) is 11.4. The maximum Gasteiger partial charge on any atom is 0.176 e. The van der Waals surface area contributed by atoms with Gasteiger partial charge in [0.05, 0.1) is 26.9 Å². The highest BCUT2D eigenvalue weighted by Gasteiger charge is 2.32. The fraction of sp³-hybridized carbons (Fsp3) is 0.467. The molecule has 19 heavy (non-hydrogen) atoms. The molecule has 1 aliphatic heterocycles. The minimum Gasteiger partial charge on any atom is -0.493 e.